The number of carbonyl (C=O) groups excluding carboxylic acids is 1. The first-order valence-electron chi connectivity index (χ1n) is 10.5. The van der Waals surface area contributed by atoms with E-state index in [-0.39, 0.29) is 11.3 Å². The van der Waals surface area contributed by atoms with Crippen LogP contribution in [0.1, 0.15) is 44.7 Å². The number of nitrogens with zero attached hydrogens (tertiary/aromatic N) is 2. The maximum Gasteiger partial charge on any atom is 0.231 e. The zero-order chi connectivity index (χ0) is 20.7. The highest BCUT2D eigenvalue weighted by atomic mass is 16.6. The van der Waals surface area contributed by atoms with Gasteiger partial charge in [-0.3, -0.25) is 15.0 Å². The van der Waals surface area contributed by atoms with Gasteiger partial charge in [0, 0.05) is 24.9 Å². The van der Waals surface area contributed by atoms with E-state index in [0.29, 0.717) is 18.7 Å². The molecule has 0 aromatic heterocycles. The maximum atomic E-state index is 12.3. The second-order valence-corrected chi connectivity index (χ2v) is 8.75. The van der Waals surface area contributed by atoms with Crippen LogP contribution < -0.4 is 5.32 Å². The summed E-state index contributed by atoms with van der Waals surface area (Å²) in [5.74, 6) is 0.327. The molecule has 1 N–H and O–H groups in total. The zero-order valence-electron chi connectivity index (χ0n) is 17.9. The van der Waals surface area contributed by atoms with Crippen molar-refractivity contribution >= 4 is 11.6 Å². The normalized spacial score (nSPS) is 17.9. The first-order valence-corrected chi connectivity index (χ1v) is 10.5. The monoisotopic (exact) mass is 399 g/mol. The summed E-state index contributed by atoms with van der Waals surface area (Å²) >= 11 is 0. The van der Waals surface area contributed by atoms with E-state index in [1.807, 2.05) is 18.2 Å². The van der Waals surface area contributed by atoms with Crippen LogP contribution in [0.2, 0.25) is 0 Å². The van der Waals surface area contributed by atoms with Crippen LogP contribution in [0.3, 0.4) is 0 Å². The van der Waals surface area contributed by atoms with Crippen molar-refractivity contribution in [2.24, 2.45) is 10.6 Å². The van der Waals surface area contributed by atoms with Crippen molar-refractivity contribution in [3.8, 4) is 0 Å². The third-order valence-corrected chi connectivity index (χ3v) is 5.29. The second-order valence-electron chi connectivity index (χ2n) is 8.75. The van der Waals surface area contributed by atoms with Crippen molar-refractivity contribution in [3.05, 3.63) is 47.4 Å². The summed E-state index contributed by atoms with van der Waals surface area (Å²) < 4.78 is 5.38. The lowest BCUT2D eigenvalue weighted by molar-refractivity contribution is -0.120. The van der Waals surface area contributed by atoms with Gasteiger partial charge in [0.25, 0.3) is 0 Å². The maximum absolute atomic E-state index is 12.3. The van der Waals surface area contributed by atoms with Gasteiger partial charge in [-0.1, -0.05) is 50.2 Å². The Hall–Kier alpha value is -2.18. The summed E-state index contributed by atoms with van der Waals surface area (Å²) in [5, 5.41) is 6.94. The highest BCUT2D eigenvalue weighted by Gasteiger charge is 2.22. The molecule has 6 heteroatoms. The Kier molecular flexibility index (Phi) is 7.45. The molecule has 0 unspecified atom stereocenters. The van der Waals surface area contributed by atoms with Crippen molar-refractivity contribution in [1.29, 1.82) is 0 Å². The quantitative estimate of drug-likeness (QED) is 0.764. The molecule has 1 saturated heterocycles. The number of ether oxygens (including phenoxy) is 1. The van der Waals surface area contributed by atoms with Crippen molar-refractivity contribution in [3.63, 3.8) is 0 Å². The number of allylic oxidation sites excluding steroid dienone is 1. The molecule has 6 nitrogen and oxygen atoms in total. The van der Waals surface area contributed by atoms with E-state index in [2.05, 4.69) is 48.3 Å². The number of oxime groups is 1. The lowest BCUT2D eigenvalue weighted by Gasteiger charge is -2.26. The average molecular weight is 400 g/mol. The Bertz CT molecular complexity index is 742. The van der Waals surface area contributed by atoms with Crippen LogP contribution in [0, 0.1) is 5.41 Å². The largest absolute Gasteiger partial charge is 0.379 e. The minimum absolute atomic E-state index is 0.0318. The van der Waals surface area contributed by atoms with Gasteiger partial charge >= 0.3 is 0 Å². The van der Waals surface area contributed by atoms with Gasteiger partial charge in [0.05, 0.1) is 25.3 Å². The molecule has 2 aliphatic heterocycles. The lowest BCUT2D eigenvalue weighted by Crippen LogP contribution is -2.36. The van der Waals surface area contributed by atoms with E-state index in [1.54, 1.807) is 0 Å². The van der Waals surface area contributed by atoms with Gasteiger partial charge in [-0.2, -0.15) is 0 Å². The Morgan fingerprint density at radius 3 is 2.45 bits per heavy atom. The van der Waals surface area contributed by atoms with E-state index >= 15 is 0 Å². The van der Waals surface area contributed by atoms with Crippen LogP contribution >= 0.6 is 0 Å². The lowest BCUT2D eigenvalue weighted by atomic mass is 9.88. The molecule has 0 spiro atoms. The molecule has 0 saturated carbocycles. The third-order valence-electron chi connectivity index (χ3n) is 5.29. The topological polar surface area (TPSA) is 63.2 Å². The van der Waals surface area contributed by atoms with Crippen molar-refractivity contribution in [2.45, 2.75) is 46.5 Å². The SMILES string of the molecule is CC(C)(C)C1=NOC(NC(=O)Cc2ccc(CCCN3CCOCC3)cc2)=CC1. The summed E-state index contributed by atoms with van der Waals surface area (Å²) in [6, 6.07) is 8.32. The van der Waals surface area contributed by atoms with E-state index in [4.69, 9.17) is 9.57 Å². The van der Waals surface area contributed by atoms with Gasteiger partial charge in [0.15, 0.2) is 0 Å². The Morgan fingerprint density at radius 2 is 1.83 bits per heavy atom. The predicted molar refractivity (Wildman–Crippen MR) is 115 cm³/mol. The standard InChI is InChI=1S/C23H33N3O3/c1-23(2,3)20-10-11-22(29-25-20)24-21(27)17-19-8-6-18(7-9-19)5-4-12-26-13-15-28-16-14-26/h6-9,11H,4-5,10,12-17H2,1-3H3,(H,24,27). The molecular weight excluding hydrogens is 366 g/mol. The molecule has 1 fully saturated rings. The number of carbonyl (C=O) groups is 1. The number of aryl methyl sites for hydroxylation is 1. The van der Waals surface area contributed by atoms with Crippen molar-refractivity contribution < 1.29 is 14.4 Å². The highest BCUT2D eigenvalue weighted by Crippen LogP contribution is 2.22. The summed E-state index contributed by atoms with van der Waals surface area (Å²) in [5.41, 5.74) is 3.25. The number of benzene rings is 1. The molecule has 2 aliphatic rings. The molecule has 2 heterocycles. The summed E-state index contributed by atoms with van der Waals surface area (Å²) in [6.07, 6.45) is 5.09. The van der Waals surface area contributed by atoms with Crippen molar-refractivity contribution in [2.75, 3.05) is 32.8 Å². The Morgan fingerprint density at radius 1 is 1.14 bits per heavy atom. The number of rotatable bonds is 7. The number of hydrogen-bond donors (Lipinski definition) is 1. The van der Waals surface area contributed by atoms with Gasteiger partial charge in [-0.25, -0.2) is 0 Å². The molecule has 0 bridgehead atoms. The minimum Gasteiger partial charge on any atom is -0.379 e. The van der Waals surface area contributed by atoms with Crippen LogP contribution in [0.15, 0.2) is 41.4 Å². The molecule has 0 radical (unpaired) electrons. The second kappa shape index (κ2) is 10.0. The fourth-order valence-corrected chi connectivity index (χ4v) is 3.41. The minimum atomic E-state index is -0.0919. The average Bonchev–Trinajstić information content (AvgIpc) is 2.70. The molecule has 158 valence electrons. The van der Waals surface area contributed by atoms with E-state index in [0.717, 1.165) is 57.0 Å². The highest BCUT2D eigenvalue weighted by molar-refractivity contribution is 5.90. The van der Waals surface area contributed by atoms with Gasteiger partial charge in [-0.05, 0) is 36.6 Å². The fourth-order valence-electron chi connectivity index (χ4n) is 3.41. The van der Waals surface area contributed by atoms with E-state index in [1.165, 1.54) is 5.56 Å². The van der Waals surface area contributed by atoms with Gasteiger partial charge < -0.3 is 9.57 Å². The summed E-state index contributed by atoms with van der Waals surface area (Å²) in [7, 11) is 0. The van der Waals surface area contributed by atoms with E-state index < -0.39 is 0 Å². The molecule has 1 aromatic rings. The predicted octanol–water partition coefficient (Wildman–Crippen LogP) is 3.27. The number of amides is 1. The molecule has 1 aromatic carbocycles. The van der Waals surface area contributed by atoms with Crippen LogP contribution in [0.5, 0.6) is 0 Å². The molecule has 0 aliphatic carbocycles. The van der Waals surface area contributed by atoms with Crippen LogP contribution in [0.4, 0.5) is 0 Å². The zero-order valence-corrected chi connectivity index (χ0v) is 17.9. The van der Waals surface area contributed by atoms with Crippen LogP contribution in [-0.2, 0) is 27.2 Å². The van der Waals surface area contributed by atoms with E-state index in [9.17, 15) is 4.79 Å². The molecule has 0 atom stereocenters. The number of nitrogens with one attached hydrogen (secondary N) is 1. The third kappa shape index (κ3) is 6.98. The smallest absolute Gasteiger partial charge is 0.231 e. The van der Waals surface area contributed by atoms with Gasteiger partial charge in [0.1, 0.15) is 0 Å². The molecule has 1 amide bonds. The molecule has 29 heavy (non-hydrogen) atoms. The van der Waals surface area contributed by atoms with Gasteiger partial charge in [-0.15, -0.1) is 0 Å². The summed E-state index contributed by atoms with van der Waals surface area (Å²) in [4.78, 5) is 20.1. The Balaban J connectivity index is 1.39. The first kappa shape index (κ1) is 21.5. The van der Waals surface area contributed by atoms with Gasteiger partial charge in [0.2, 0.25) is 11.8 Å². The number of morpholine rings is 1. The van der Waals surface area contributed by atoms with Crippen LogP contribution in [-0.4, -0.2) is 49.4 Å². The Labute approximate surface area is 173 Å². The molecular formula is C23H33N3O3. The first-order chi connectivity index (χ1) is 13.9. The number of hydrogen-bond acceptors (Lipinski definition) is 5. The molecule has 3 rings (SSSR count). The van der Waals surface area contributed by atoms with Crippen molar-refractivity contribution in [1.82, 2.24) is 10.2 Å². The summed E-state index contributed by atoms with van der Waals surface area (Å²) in [6.45, 7) is 11.2. The fraction of sp³-hybridized carbons (Fsp3) is 0.565. The van der Waals surface area contributed by atoms with Crippen LogP contribution in [0.25, 0.3) is 0 Å².